The zero-order valence-electron chi connectivity index (χ0n) is 8.88. The Kier molecular flexibility index (Phi) is 4.12. The summed E-state index contributed by atoms with van der Waals surface area (Å²) in [5, 5.41) is 3.35. The van der Waals surface area contributed by atoms with Crippen LogP contribution >= 0.6 is 11.6 Å². The second kappa shape index (κ2) is 5.14. The smallest absolute Gasteiger partial charge is 0.251 e. The van der Waals surface area contributed by atoms with E-state index in [1.807, 2.05) is 19.9 Å². The van der Waals surface area contributed by atoms with Crippen LogP contribution in [0.15, 0.2) is 18.2 Å². The number of hydrogen-bond acceptors (Lipinski definition) is 2. The maximum atomic E-state index is 11.8. The third-order valence-electron chi connectivity index (χ3n) is 2.18. The Balaban J connectivity index is 2.86. The Bertz CT molecular complexity index is 366. The number of halogens is 1. The van der Waals surface area contributed by atoms with Crippen LogP contribution in [-0.2, 0) is 0 Å². The summed E-state index contributed by atoms with van der Waals surface area (Å²) in [5.41, 5.74) is 6.93. The largest absolute Gasteiger partial charge is 0.348 e. The Hall–Kier alpha value is -1.06. The van der Waals surface area contributed by atoms with Crippen LogP contribution in [0.4, 0.5) is 0 Å². The molecule has 0 saturated carbocycles. The summed E-state index contributed by atoms with van der Waals surface area (Å²) in [7, 11) is 0. The van der Waals surface area contributed by atoms with Gasteiger partial charge in [-0.2, -0.15) is 0 Å². The predicted molar refractivity (Wildman–Crippen MR) is 62.2 cm³/mol. The Morgan fingerprint density at radius 1 is 1.60 bits per heavy atom. The van der Waals surface area contributed by atoms with Gasteiger partial charge in [-0.05, 0) is 31.5 Å². The molecular formula is C11H15ClN2O. The zero-order valence-corrected chi connectivity index (χ0v) is 9.64. The van der Waals surface area contributed by atoms with Gasteiger partial charge in [0, 0.05) is 23.2 Å². The van der Waals surface area contributed by atoms with Crippen molar-refractivity contribution in [2.24, 2.45) is 5.73 Å². The van der Waals surface area contributed by atoms with Crippen LogP contribution in [-0.4, -0.2) is 18.5 Å². The molecule has 1 amide bonds. The minimum atomic E-state index is -0.132. The van der Waals surface area contributed by atoms with Crippen LogP contribution in [0, 0.1) is 6.92 Å². The highest BCUT2D eigenvalue weighted by Crippen LogP contribution is 2.15. The number of carbonyl (C=O) groups is 1. The van der Waals surface area contributed by atoms with E-state index in [2.05, 4.69) is 5.32 Å². The van der Waals surface area contributed by atoms with Crippen LogP contribution in [0.2, 0.25) is 5.02 Å². The summed E-state index contributed by atoms with van der Waals surface area (Å²) in [6.07, 6.45) is 0. The molecule has 3 nitrogen and oxygen atoms in total. The van der Waals surface area contributed by atoms with E-state index in [-0.39, 0.29) is 11.9 Å². The maximum Gasteiger partial charge on any atom is 0.251 e. The molecule has 15 heavy (non-hydrogen) atoms. The minimum absolute atomic E-state index is 0.0316. The first kappa shape index (κ1) is 12.0. The minimum Gasteiger partial charge on any atom is -0.348 e. The number of hydrogen-bond donors (Lipinski definition) is 2. The molecule has 0 fully saturated rings. The van der Waals surface area contributed by atoms with Gasteiger partial charge in [-0.1, -0.05) is 17.7 Å². The molecule has 0 aromatic heterocycles. The SMILES string of the molecule is Cc1ccc(Cl)cc1C(=O)N[C@H](C)CN. The van der Waals surface area contributed by atoms with Crippen molar-refractivity contribution in [1.82, 2.24) is 5.32 Å². The first-order chi connectivity index (χ1) is 7.04. The van der Waals surface area contributed by atoms with E-state index in [1.54, 1.807) is 12.1 Å². The molecule has 0 aliphatic carbocycles. The molecule has 0 bridgehead atoms. The topological polar surface area (TPSA) is 55.1 Å². The highest BCUT2D eigenvalue weighted by molar-refractivity contribution is 6.31. The molecule has 1 aromatic carbocycles. The number of nitrogens with two attached hydrogens (primary N) is 1. The quantitative estimate of drug-likeness (QED) is 0.825. The Morgan fingerprint density at radius 3 is 2.87 bits per heavy atom. The lowest BCUT2D eigenvalue weighted by molar-refractivity contribution is 0.0940. The van der Waals surface area contributed by atoms with E-state index in [9.17, 15) is 4.79 Å². The van der Waals surface area contributed by atoms with Crippen LogP contribution < -0.4 is 11.1 Å². The molecule has 0 radical (unpaired) electrons. The van der Waals surface area contributed by atoms with Crippen molar-refractivity contribution in [3.8, 4) is 0 Å². The standard InChI is InChI=1S/C11H15ClN2O/c1-7-3-4-9(12)5-10(7)11(15)14-8(2)6-13/h3-5,8H,6,13H2,1-2H3,(H,14,15)/t8-/m1/s1. The summed E-state index contributed by atoms with van der Waals surface area (Å²) in [6, 6.07) is 5.22. The normalized spacial score (nSPS) is 12.3. The molecule has 4 heteroatoms. The molecule has 0 heterocycles. The van der Waals surface area contributed by atoms with Gasteiger partial charge < -0.3 is 11.1 Å². The number of carbonyl (C=O) groups excluding carboxylic acids is 1. The van der Waals surface area contributed by atoms with Crippen molar-refractivity contribution >= 4 is 17.5 Å². The van der Waals surface area contributed by atoms with Gasteiger partial charge in [0.05, 0.1) is 0 Å². The monoisotopic (exact) mass is 226 g/mol. The van der Waals surface area contributed by atoms with E-state index in [1.165, 1.54) is 0 Å². The van der Waals surface area contributed by atoms with Crippen molar-refractivity contribution in [3.63, 3.8) is 0 Å². The molecule has 82 valence electrons. The van der Waals surface area contributed by atoms with Crippen molar-refractivity contribution in [2.75, 3.05) is 6.54 Å². The highest BCUT2D eigenvalue weighted by atomic mass is 35.5. The molecule has 1 aromatic rings. The summed E-state index contributed by atoms with van der Waals surface area (Å²) in [4.78, 5) is 11.8. The number of benzene rings is 1. The summed E-state index contributed by atoms with van der Waals surface area (Å²) >= 11 is 5.83. The molecule has 1 rings (SSSR count). The summed E-state index contributed by atoms with van der Waals surface area (Å²) < 4.78 is 0. The first-order valence-corrected chi connectivity index (χ1v) is 5.19. The third-order valence-corrected chi connectivity index (χ3v) is 2.41. The van der Waals surface area contributed by atoms with Gasteiger partial charge in [-0.3, -0.25) is 4.79 Å². The molecule has 0 spiro atoms. The Morgan fingerprint density at radius 2 is 2.27 bits per heavy atom. The average molecular weight is 227 g/mol. The molecular weight excluding hydrogens is 212 g/mol. The Labute approximate surface area is 94.6 Å². The van der Waals surface area contributed by atoms with Gasteiger partial charge >= 0.3 is 0 Å². The average Bonchev–Trinajstić information content (AvgIpc) is 2.21. The van der Waals surface area contributed by atoms with Crippen LogP contribution in [0.3, 0.4) is 0 Å². The number of rotatable bonds is 3. The van der Waals surface area contributed by atoms with Crippen molar-refractivity contribution in [3.05, 3.63) is 34.3 Å². The molecule has 0 aliphatic heterocycles. The van der Waals surface area contributed by atoms with Crippen molar-refractivity contribution < 1.29 is 4.79 Å². The van der Waals surface area contributed by atoms with Crippen LogP contribution in [0.5, 0.6) is 0 Å². The van der Waals surface area contributed by atoms with Gasteiger partial charge in [-0.15, -0.1) is 0 Å². The van der Waals surface area contributed by atoms with Gasteiger partial charge in [-0.25, -0.2) is 0 Å². The summed E-state index contributed by atoms with van der Waals surface area (Å²) in [5.74, 6) is -0.132. The molecule has 0 unspecified atom stereocenters. The first-order valence-electron chi connectivity index (χ1n) is 4.81. The second-order valence-corrected chi connectivity index (χ2v) is 4.01. The van der Waals surface area contributed by atoms with Gasteiger partial charge in [0.15, 0.2) is 0 Å². The van der Waals surface area contributed by atoms with E-state index in [0.717, 1.165) is 5.56 Å². The molecule has 0 aliphatic rings. The third kappa shape index (κ3) is 3.22. The van der Waals surface area contributed by atoms with Gasteiger partial charge in [0.25, 0.3) is 5.91 Å². The highest BCUT2D eigenvalue weighted by Gasteiger charge is 2.11. The lowest BCUT2D eigenvalue weighted by Crippen LogP contribution is -2.38. The van der Waals surface area contributed by atoms with E-state index in [4.69, 9.17) is 17.3 Å². The van der Waals surface area contributed by atoms with Crippen LogP contribution in [0.25, 0.3) is 0 Å². The van der Waals surface area contributed by atoms with Crippen molar-refractivity contribution in [1.29, 1.82) is 0 Å². The van der Waals surface area contributed by atoms with E-state index < -0.39 is 0 Å². The van der Waals surface area contributed by atoms with Gasteiger partial charge in [0.1, 0.15) is 0 Å². The fourth-order valence-corrected chi connectivity index (χ4v) is 1.37. The van der Waals surface area contributed by atoms with Gasteiger partial charge in [0.2, 0.25) is 0 Å². The zero-order chi connectivity index (χ0) is 11.4. The van der Waals surface area contributed by atoms with E-state index >= 15 is 0 Å². The molecule has 3 N–H and O–H groups in total. The van der Waals surface area contributed by atoms with Crippen LogP contribution in [0.1, 0.15) is 22.8 Å². The molecule has 0 saturated heterocycles. The fourth-order valence-electron chi connectivity index (χ4n) is 1.20. The number of nitrogens with one attached hydrogen (secondary N) is 1. The lowest BCUT2D eigenvalue weighted by atomic mass is 10.1. The summed E-state index contributed by atoms with van der Waals surface area (Å²) in [6.45, 7) is 4.15. The van der Waals surface area contributed by atoms with Crippen molar-refractivity contribution in [2.45, 2.75) is 19.9 Å². The second-order valence-electron chi connectivity index (χ2n) is 3.57. The molecule has 1 atom stereocenters. The lowest BCUT2D eigenvalue weighted by Gasteiger charge is -2.12. The predicted octanol–water partition coefficient (Wildman–Crippen LogP) is 1.73. The number of aryl methyl sites for hydroxylation is 1. The van der Waals surface area contributed by atoms with E-state index in [0.29, 0.717) is 17.1 Å². The maximum absolute atomic E-state index is 11.8. The number of amides is 1. The fraction of sp³-hybridized carbons (Fsp3) is 0.364.